The van der Waals surface area contributed by atoms with Gasteiger partial charge in [-0.2, -0.15) is 0 Å². The Morgan fingerprint density at radius 1 is 0.469 bits per heavy atom. The van der Waals surface area contributed by atoms with Crippen LogP contribution >= 0.6 is 0 Å². The Kier molecular flexibility index (Phi) is 10.7. The number of allylic oxidation sites excluding steroid dienone is 2. The number of benzene rings is 4. The normalized spacial score (nSPS) is 17.8. The summed E-state index contributed by atoms with van der Waals surface area (Å²) in [6, 6.07) is 19.4. The standard InChI is InChI=1S/2C22H25.C2H4.2ClH.Zr/c2*1-13(2)18-11-20-16(5)10-17(6)22(21(20)12-18)19-8-14(3)7-15(4)9-19;1-2;;;/h2*7-13H,1-6H3;1-2H2;2*1H;/q;;;;;+2/p-2. The van der Waals surface area contributed by atoms with E-state index in [2.05, 4.69) is 144 Å². The Morgan fingerprint density at radius 3 is 1.08 bits per heavy atom. The first-order valence-electron chi connectivity index (χ1n) is 18.1. The van der Waals surface area contributed by atoms with Crippen molar-refractivity contribution in [3.8, 4) is 22.3 Å². The molecule has 0 aromatic heterocycles. The van der Waals surface area contributed by atoms with Gasteiger partial charge >= 0.3 is 292 Å². The monoisotopic (exact) mass is 766 g/mol. The Morgan fingerprint density at radius 2 is 0.796 bits per heavy atom. The van der Waals surface area contributed by atoms with E-state index in [9.17, 15) is 0 Å². The van der Waals surface area contributed by atoms with Crippen LogP contribution in [0.1, 0.15) is 102 Å². The number of rotatable bonds is 6. The third kappa shape index (κ3) is 6.23. The van der Waals surface area contributed by atoms with Crippen LogP contribution in [0.25, 0.3) is 34.4 Å². The molecule has 0 radical (unpaired) electrons. The van der Waals surface area contributed by atoms with Crippen molar-refractivity contribution < 1.29 is 45.1 Å². The van der Waals surface area contributed by atoms with Crippen LogP contribution in [0, 0.1) is 67.2 Å². The van der Waals surface area contributed by atoms with Crippen LogP contribution in [-0.4, -0.2) is 0 Å². The van der Waals surface area contributed by atoms with E-state index in [1.54, 1.807) is 33.4 Å². The molecule has 3 aliphatic rings. The number of hydrogen-bond donors (Lipinski definition) is 0. The van der Waals surface area contributed by atoms with Crippen molar-refractivity contribution in [2.75, 3.05) is 0 Å². The number of fused-ring (bicyclic) bond motifs is 2. The van der Waals surface area contributed by atoms with Crippen LogP contribution < -0.4 is 24.8 Å². The average Bonchev–Trinajstić information content (AvgIpc) is 3.46. The largest absolute Gasteiger partial charge is 1.00 e. The van der Waals surface area contributed by atoms with Crippen molar-refractivity contribution in [3.63, 3.8) is 0 Å². The van der Waals surface area contributed by atoms with E-state index in [0.29, 0.717) is 19.1 Å². The van der Waals surface area contributed by atoms with Gasteiger partial charge in [-0.25, -0.2) is 0 Å². The summed E-state index contributed by atoms with van der Waals surface area (Å²) < 4.78 is 4.28. The molecule has 0 saturated carbocycles. The molecule has 1 fully saturated rings. The first-order valence-corrected chi connectivity index (χ1v) is 24.4. The maximum absolute atomic E-state index is 2.92. The molecule has 1 saturated heterocycles. The average molecular weight is 769 g/mol. The zero-order valence-corrected chi connectivity index (χ0v) is 35.7. The molecule has 1 aliphatic heterocycles. The van der Waals surface area contributed by atoms with E-state index in [0.717, 1.165) is 0 Å². The molecule has 3 heteroatoms. The van der Waals surface area contributed by atoms with Crippen molar-refractivity contribution in [3.05, 3.63) is 126 Å². The van der Waals surface area contributed by atoms with Crippen LogP contribution in [0.2, 0.25) is 8.26 Å². The molecule has 2 atom stereocenters. The quantitative estimate of drug-likeness (QED) is 0.192. The van der Waals surface area contributed by atoms with Crippen molar-refractivity contribution in [1.82, 2.24) is 0 Å². The third-order valence-corrected chi connectivity index (χ3v) is 24.6. The van der Waals surface area contributed by atoms with Crippen LogP contribution in [-0.2, 0) is 20.3 Å². The Labute approximate surface area is 314 Å². The molecular weight excluding hydrogens is 715 g/mol. The molecule has 2 aliphatic carbocycles. The topological polar surface area (TPSA) is 0 Å². The summed E-state index contributed by atoms with van der Waals surface area (Å²) in [6.45, 7) is 28.4. The van der Waals surface area contributed by atoms with Crippen LogP contribution in [0.5, 0.6) is 0 Å². The van der Waals surface area contributed by atoms with Gasteiger partial charge in [0, 0.05) is 0 Å². The predicted octanol–water partition coefficient (Wildman–Crippen LogP) is 7.39. The van der Waals surface area contributed by atoms with Crippen molar-refractivity contribution >= 4 is 12.2 Å². The molecule has 0 nitrogen and oxygen atoms in total. The summed E-state index contributed by atoms with van der Waals surface area (Å²) in [5.41, 5.74) is 27.1. The van der Waals surface area contributed by atoms with Crippen LogP contribution in [0.4, 0.5) is 0 Å². The van der Waals surface area contributed by atoms with E-state index in [-0.39, 0.29) is 24.8 Å². The van der Waals surface area contributed by atoms with Gasteiger partial charge in [-0.3, -0.25) is 0 Å². The predicted molar refractivity (Wildman–Crippen MR) is 202 cm³/mol. The van der Waals surface area contributed by atoms with Crippen molar-refractivity contribution in [1.29, 1.82) is 0 Å². The zero-order chi connectivity index (χ0) is 33.7. The molecule has 0 amide bonds. The van der Waals surface area contributed by atoms with Gasteiger partial charge in [0.25, 0.3) is 0 Å². The molecule has 256 valence electrons. The van der Waals surface area contributed by atoms with E-state index in [4.69, 9.17) is 0 Å². The summed E-state index contributed by atoms with van der Waals surface area (Å²) in [5, 5.41) is 0. The maximum Gasteiger partial charge on any atom is -1.00 e. The SMILES string of the molecule is Cc1cc(C)cc(-c2c(C)cc(C)c3c2C=C(C(C)C)[CH]3[Zr+2]2([CH]3C(C(C)C)=Cc4c(-c5cc(C)cc(C)c5)c(C)cc(C)c43)[CH2][CH2]2)c1.[Cl-].[Cl-]. The summed E-state index contributed by atoms with van der Waals surface area (Å²) in [5.74, 6) is 1.09. The molecule has 2 unspecified atom stereocenters. The first-order chi connectivity index (χ1) is 22.2. The molecule has 7 rings (SSSR count). The van der Waals surface area contributed by atoms with Crippen molar-refractivity contribution in [2.24, 2.45) is 11.8 Å². The van der Waals surface area contributed by atoms with Crippen LogP contribution in [0.3, 0.4) is 0 Å². The molecule has 0 spiro atoms. The fourth-order valence-electron chi connectivity index (χ4n) is 10.1. The minimum atomic E-state index is -2.92. The maximum atomic E-state index is 2.70. The Hall–Kier alpha value is -2.18. The second-order valence-electron chi connectivity index (χ2n) is 16.4. The second-order valence-corrected chi connectivity index (χ2v) is 27.7. The third-order valence-electron chi connectivity index (χ3n) is 11.8. The smallest absolute Gasteiger partial charge is 1.00 e. The van der Waals surface area contributed by atoms with Gasteiger partial charge < -0.3 is 24.8 Å². The minimum Gasteiger partial charge on any atom is -1.00 e. The van der Waals surface area contributed by atoms with E-state index >= 15 is 0 Å². The van der Waals surface area contributed by atoms with E-state index in [1.165, 1.54) is 75.0 Å². The Balaban J connectivity index is 0.00000234. The molecule has 4 aromatic carbocycles. The molecule has 49 heavy (non-hydrogen) atoms. The number of hydrogen-bond acceptors (Lipinski definition) is 0. The summed E-state index contributed by atoms with van der Waals surface area (Å²) in [6.07, 6.45) is 5.40. The first kappa shape index (κ1) is 38.1. The van der Waals surface area contributed by atoms with Gasteiger partial charge in [-0.1, -0.05) is 0 Å². The number of aryl methyl sites for hydroxylation is 8. The van der Waals surface area contributed by atoms with E-state index < -0.39 is 20.3 Å². The van der Waals surface area contributed by atoms with Gasteiger partial charge in [0.2, 0.25) is 0 Å². The van der Waals surface area contributed by atoms with Crippen LogP contribution in [0.15, 0.2) is 59.7 Å². The molecule has 1 heterocycles. The van der Waals surface area contributed by atoms with Gasteiger partial charge in [-0.15, -0.1) is 0 Å². The van der Waals surface area contributed by atoms with Crippen molar-refractivity contribution in [2.45, 2.75) is 98.6 Å². The van der Waals surface area contributed by atoms with Gasteiger partial charge in [0.15, 0.2) is 0 Å². The molecular formula is C46H54Cl2Zr. The summed E-state index contributed by atoms with van der Waals surface area (Å²) >= 11 is -2.92. The molecule has 0 bridgehead atoms. The van der Waals surface area contributed by atoms with Gasteiger partial charge in [-0.05, 0) is 0 Å². The summed E-state index contributed by atoms with van der Waals surface area (Å²) in [7, 11) is 0. The van der Waals surface area contributed by atoms with Gasteiger partial charge in [0.05, 0.1) is 0 Å². The Bertz CT molecular complexity index is 1850. The second kappa shape index (κ2) is 13.8. The number of halogens is 2. The molecule has 0 N–H and O–H groups in total. The van der Waals surface area contributed by atoms with Gasteiger partial charge in [0.1, 0.15) is 0 Å². The minimum absolute atomic E-state index is 0. The van der Waals surface area contributed by atoms with E-state index in [1.807, 2.05) is 0 Å². The fraction of sp³-hybridized carbons (Fsp3) is 0.391. The molecule has 4 aromatic rings. The zero-order valence-electron chi connectivity index (χ0n) is 31.8. The fourth-order valence-corrected chi connectivity index (χ4v) is 28.7. The summed E-state index contributed by atoms with van der Waals surface area (Å²) in [4.78, 5) is 0.